The van der Waals surface area contributed by atoms with E-state index in [4.69, 9.17) is 24.2 Å². The van der Waals surface area contributed by atoms with Crippen LogP contribution in [0.25, 0.3) is 11.1 Å². The van der Waals surface area contributed by atoms with Gasteiger partial charge in [-0.25, -0.2) is 4.79 Å². The molecule has 0 unspecified atom stereocenters. The average molecular weight is 395 g/mol. The Balaban J connectivity index is 1.55. The van der Waals surface area contributed by atoms with E-state index in [1.807, 2.05) is 36.4 Å². The van der Waals surface area contributed by atoms with Gasteiger partial charge < -0.3 is 18.9 Å². The van der Waals surface area contributed by atoms with Gasteiger partial charge >= 0.3 is 5.97 Å². The van der Waals surface area contributed by atoms with Gasteiger partial charge in [-0.15, -0.1) is 0 Å². The quantitative estimate of drug-likeness (QED) is 0.309. The highest BCUT2D eigenvalue weighted by Crippen LogP contribution is 2.22. The van der Waals surface area contributed by atoms with Crippen molar-refractivity contribution in [3.05, 3.63) is 66.2 Å². The van der Waals surface area contributed by atoms with Gasteiger partial charge in [0.1, 0.15) is 19.0 Å². The molecule has 29 heavy (non-hydrogen) atoms. The van der Waals surface area contributed by atoms with Gasteiger partial charge in [-0.1, -0.05) is 30.8 Å². The Kier molecular flexibility index (Phi) is 9.43. The zero-order valence-corrected chi connectivity index (χ0v) is 16.6. The van der Waals surface area contributed by atoms with Gasteiger partial charge in [0.25, 0.3) is 0 Å². The SMILES string of the molecule is C=C(C)C(=O)OCCOCCOCCOc1ccc(-c2ccc(C#N)cc2)cc1. The lowest BCUT2D eigenvalue weighted by Gasteiger charge is -2.09. The number of hydrogen-bond donors (Lipinski definition) is 0. The van der Waals surface area contributed by atoms with Crippen LogP contribution in [0.2, 0.25) is 0 Å². The summed E-state index contributed by atoms with van der Waals surface area (Å²) >= 11 is 0. The highest BCUT2D eigenvalue weighted by molar-refractivity contribution is 5.86. The molecular formula is C23H25NO5. The van der Waals surface area contributed by atoms with E-state index >= 15 is 0 Å². The topological polar surface area (TPSA) is 77.8 Å². The summed E-state index contributed by atoms with van der Waals surface area (Å²) in [5.74, 6) is 0.355. The van der Waals surface area contributed by atoms with Crippen LogP contribution >= 0.6 is 0 Å². The largest absolute Gasteiger partial charge is 0.491 e. The third-order valence-corrected chi connectivity index (χ3v) is 3.88. The first kappa shape index (κ1) is 22.2. The van der Waals surface area contributed by atoms with Crippen LogP contribution in [0.5, 0.6) is 5.75 Å². The summed E-state index contributed by atoms with van der Waals surface area (Å²) in [5, 5.41) is 8.85. The number of rotatable bonds is 12. The van der Waals surface area contributed by atoms with Crippen LogP contribution in [0.3, 0.4) is 0 Å². The molecule has 0 heterocycles. The highest BCUT2D eigenvalue weighted by atomic mass is 16.6. The predicted molar refractivity (Wildman–Crippen MR) is 109 cm³/mol. The number of carbonyl (C=O) groups is 1. The van der Waals surface area contributed by atoms with Crippen LogP contribution < -0.4 is 4.74 Å². The number of nitriles is 1. The zero-order valence-electron chi connectivity index (χ0n) is 16.6. The van der Waals surface area contributed by atoms with Crippen molar-refractivity contribution in [2.75, 3.05) is 39.6 Å². The zero-order chi connectivity index (χ0) is 20.9. The second kappa shape index (κ2) is 12.3. The fraction of sp³-hybridized carbons (Fsp3) is 0.304. The summed E-state index contributed by atoms with van der Waals surface area (Å²) in [6.07, 6.45) is 0. The van der Waals surface area contributed by atoms with Crippen LogP contribution in [0.4, 0.5) is 0 Å². The van der Waals surface area contributed by atoms with E-state index in [9.17, 15) is 4.79 Å². The first-order valence-corrected chi connectivity index (χ1v) is 9.31. The van der Waals surface area contributed by atoms with E-state index in [0.717, 1.165) is 16.9 Å². The molecule has 0 spiro atoms. The number of carbonyl (C=O) groups excluding carboxylic acids is 1. The summed E-state index contributed by atoms with van der Waals surface area (Å²) in [6, 6.07) is 17.3. The van der Waals surface area contributed by atoms with Gasteiger partial charge in [-0.2, -0.15) is 5.26 Å². The molecule has 0 saturated carbocycles. The summed E-state index contributed by atoms with van der Waals surface area (Å²) in [7, 11) is 0. The van der Waals surface area contributed by atoms with Gasteiger partial charge in [-0.3, -0.25) is 0 Å². The van der Waals surface area contributed by atoms with Gasteiger partial charge in [0.2, 0.25) is 0 Å². The van der Waals surface area contributed by atoms with E-state index in [2.05, 4.69) is 12.6 Å². The fourth-order valence-electron chi connectivity index (χ4n) is 2.34. The van der Waals surface area contributed by atoms with E-state index in [1.54, 1.807) is 19.1 Å². The number of nitrogens with zero attached hydrogens (tertiary/aromatic N) is 1. The van der Waals surface area contributed by atoms with Crippen molar-refractivity contribution in [3.8, 4) is 22.9 Å². The fourth-order valence-corrected chi connectivity index (χ4v) is 2.34. The molecule has 0 aromatic heterocycles. The Labute approximate surface area is 171 Å². The standard InChI is InChI=1S/C23H25NO5/c1-18(2)23(25)29-16-14-27-12-11-26-13-15-28-22-9-7-21(8-10-22)20-5-3-19(17-24)4-6-20/h3-10H,1,11-16H2,2H3. The number of hydrogen-bond acceptors (Lipinski definition) is 6. The Bertz CT molecular complexity index is 822. The molecule has 0 atom stereocenters. The molecule has 6 heteroatoms. The minimum atomic E-state index is -0.410. The van der Waals surface area contributed by atoms with Crippen LogP contribution in [0, 0.1) is 11.3 Å². The summed E-state index contributed by atoms with van der Waals surface area (Å²) in [4.78, 5) is 11.2. The van der Waals surface area contributed by atoms with Crippen molar-refractivity contribution in [2.24, 2.45) is 0 Å². The minimum absolute atomic E-state index is 0.202. The van der Waals surface area contributed by atoms with Crippen LogP contribution in [0.15, 0.2) is 60.7 Å². The highest BCUT2D eigenvalue weighted by Gasteiger charge is 2.02. The molecule has 2 rings (SSSR count). The number of ether oxygens (including phenoxy) is 4. The first-order chi connectivity index (χ1) is 14.1. The van der Waals surface area contributed by atoms with Gasteiger partial charge in [0.05, 0.1) is 38.1 Å². The maximum atomic E-state index is 11.2. The van der Waals surface area contributed by atoms with Crippen molar-refractivity contribution in [3.63, 3.8) is 0 Å². The first-order valence-electron chi connectivity index (χ1n) is 9.31. The summed E-state index contributed by atoms with van der Waals surface area (Å²) in [6.45, 7) is 7.37. The van der Waals surface area contributed by atoms with Crippen molar-refractivity contribution < 1.29 is 23.7 Å². The maximum absolute atomic E-state index is 11.2. The van der Waals surface area contributed by atoms with Crippen molar-refractivity contribution in [1.29, 1.82) is 5.26 Å². The monoisotopic (exact) mass is 395 g/mol. The Morgan fingerprint density at radius 1 is 0.862 bits per heavy atom. The summed E-state index contributed by atoms with van der Waals surface area (Å²) in [5.41, 5.74) is 3.12. The Morgan fingerprint density at radius 3 is 1.93 bits per heavy atom. The van der Waals surface area contributed by atoms with Gasteiger partial charge in [0, 0.05) is 5.57 Å². The molecule has 0 amide bonds. The molecule has 0 aliphatic heterocycles. The Morgan fingerprint density at radius 2 is 1.38 bits per heavy atom. The predicted octanol–water partition coefficient (Wildman–Crippen LogP) is 3.76. The molecule has 0 N–H and O–H groups in total. The molecule has 2 aromatic carbocycles. The van der Waals surface area contributed by atoms with Crippen LogP contribution in [0.1, 0.15) is 12.5 Å². The van der Waals surface area contributed by atoms with Crippen molar-refractivity contribution in [2.45, 2.75) is 6.92 Å². The van der Waals surface area contributed by atoms with E-state index in [-0.39, 0.29) is 6.61 Å². The van der Waals surface area contributed by atoms with Crippen LogP contribution in [-0.4, -0.2) is 45.6 Å². The molecular weight excluding hydrogens is 370 g/mol. The second-order valence-corrected chi connectivity index (χ2v) is 6.20. The molecule has 152 valence electrons. The molecule has 0 saturated heterocycles. The summed E-state index contributed by atoms with van der Waals surface area (Å²) < 4.78 is 21.3. The Hall–Kier alpha value is -3.14. The molecule has 0 fully saturated rings. The molecule has 0 radical (unpaired) electrons. The molecule has 6 nitrogen and oxygen atoms in total. The average Bonchev–Trinajstić information content (AvgIpc) is 2.75. The number of benzene rings is 2. The molecule has 2 aromatic rings. The van der Waals surface area contributed by atoms with E-state index in [0.29, 0.717) is 44.2 Å². The van der Waals surface area contributed by atoms with E-state index in [1.165, 1.54) is 0 Å². The maximum Gasteiger partial charge on any atom is 0.333 e. The lowest BCUT2D eigenvalue weighted by Crippen LogP contribution is -2.14. The molecule has 0 aliphatic rings. The number of esters is 1. The van der Waals surface area contributed by atoms with Crippen molar-refractivity contribution >= 4 is 5.97 Å². The minimum Gasteiger partial charge on any atom is -0.491 e. The second-order valence-electron chi connectivity index (χ2n) is 6.20. The lowest BCUT2D eigenvalue weighted by molar-refractivity contribution is -0.140. The normalized spacial score (nSPS) is 10.2. The van der Waals surface area contributed by atoms with Gasteiger partial charge in [-0.05, 0) is 42.3 Å². The van der Waals surface area contributed by atoms with Gasteiger partial charge in [0.15, 0.2) is 0 Å². The van der Waals surface area contributed by atoms with Crippen LogP contribution in [-0.2, 0) is 19.0 Å². The lowest BCUT2D eigenvalue weighted by atomic mass is 10.0. The van der Waals surface area contributed by atoms with E-state index < -0.39 is 5.97 Å². The third kappa shape index (κ3) is 8.18. The van der Waals surface area contributed by atoms with Crippen molar-refractivity contribution in [1.82, 2.24) is 0 Å². The molecule has 0 aliphatic carbocycles. The third-order valence-electron chi connectivity index (χ3n) is 3.88. The molecule has 0 bridgehead atoms. The smallest absolute Gasteiger partial charge is 0.333 e.